The van der Waals surface area contributed by atoms with Gasteiger partial charge in [-0.25, -0.2) is 4.79 Å². The average molecular weight is 236 g/mol. The Labute approximate surface area is 97.1 Å². The van der Waals surface area contributed by atoms with E-state index in [2.05, 4.69) is 15.4 Å². The minimum atomic E-state index is -1.10. The fourth-order valence-electron chi connectivity index (χ4n) is 1.32. The molecule has 0 atom stereocenters. The van der Waals surface area contributed by atoms with Crippen molar-refractivity contribution in [2.45, 2.75) is 13.0 Å². The van der Waals surface area contributed by atoms with Crippen molar-refractivity contribution in [1.29, 1.82) is 0 Å². The van der Waals surface area contributed by atoms with Crippen LogP contribution in [0.25, 0.3) is 0 Å². The normalized spacial score (nSPS) is 10.4. The van der Waals surface area contributed by atoms with E-state index in [1.54, 1.807) is 6.20 Å². The average Bonchev–Trinajstić information content (AvgIpc) is 2.96. The number of aromatic nitrogens is 3. The zero-order chi connectivity index (χ0) is 12.1. The van der Waals surface area contributed by atoms with E-state index in [0.29, 0.717) is 6.54 Å². The summed E-state index contributed by atoms with van der Waals surface area (Å²) < 4.78 is 6.76. The molecule has 0 radical (unpaired) electrons. The van der Waals surface area contributed by atoms with Gasteiger partial charge < -0.3 is 14.8 Å². The highest BCUT2D eigenvalue weighted by atomic mass is 16.4. The molecule has 2 N–H and O–H groups in total. The highest BCUT2D eigenvalue weighted by Gasteiger charge is 2.09. The zero-order valence-electron chi connectivity index (χ0n) is 9.04. The fraction of sp³-hybridized carbons (Fsp3) is 0.300. The largest absolute Gasteiger partial charge is 0.476 e. The van der Waals surface area contributed by atoms with E-state index in [9.17, 15) is 4.79 Å². The number of hydrogen-bond acceptors (Lipinski definition) is 5. The maximum Gasteiger partial charge on any atom is 0.357 e. The molecule has 0 saturated carbocycles. The molecule has 2 aromatic heterocycles. The highest BCUT2D eigenvalue weighted by Crippen LogP contribution is 2.07. The van der Waals surface area contributed by atoms with Crippen molar-refractivity contribution in [2.75, 3.05) is 11.9 Å². The standard InChI is InChI=1S/C10H12N4O3/c15-9(16)8-7-17-10(13-8)11-3-1-5-14-6-2-4-12-14/h2,4,6-7H,1,3,5H2,(H,11,13)(H,15,16). The molecule has 0 bridgehead atoms. The Hall–Kier alpha value is -2.31. The maximum absolute atomic E-state index is 10.5. The third-order valence-electron chi connectivity index (χ3n) is 2.12. The molecule has 2 rings (SSSR count). The highest BCUT2D eigenvalue weighted by molar-refractivity contribution is 5.85. The molecule has 0 aliphatic rings. The van der Waals surface area contributed by atoms with Crippen LogP contribution >= 0.6 is 0 Å². The second kappa shape index (κ2) is 5.15. The fourth-order valence-corrected chi connectivity index (χ4v) is 1.32. The first-order valence-electron chi connectivity index (χ1n) is 5.16. The Morgan fingerprint density at radius 3 is 3.12 bits per heavy atom. The predicted octanol–water partition coefficient (Wildman–Crippen LogP) is 1.07. The minimum absolute atomic E-state index is 0.0976. The lowest BCUT2D eigenvalue weighted by molar-refractivity contribution is 0.0690. The van der Waals surface area contributed by atoms with Crippen LogP contribution in [0.2, 0.25) is 0 Å². The Morgan fingerprint density at radius 1 is 1.59 bits per heavy atom. The van der Waals surface area contributed by atoms with Crippen LogP contribution in [0, 0.1) is 0 Å². The van der Waals surface area contributed by atoms with Gasteiger partial charge in [-0.3, -0.25) is 4.68 Å². The number of carbonyl (C=O) groups is 1. The molecule has 0 amide bonds. The second-order valence-electron chi connectivity index (χ2n) is 3.39. The molecule has 17 heavy (non-hydrogen) atoms. The quantitative estimate of drug-likeness (QED) is 0.729. The summed E-state index contributed by atoms with van der Waals surface area (Å²) in [6.07, 6.45) is 5.55. The summed E-state index contributed by atoms with van der Waals surface area (Å²) in [7, 11) is 0. The second-order valence-corrected chi connectivity index (χ2v) is 3.39. The molecule has 7 heteroatoms. The summed E-state index contributed by atoms with van der Waals surface area (Å²) in [5.41, 5.74) is -0.0976. The minimum Gasteiger partial charge on any atom is -0.476 e. The van der Waals surface area contributed by atoms with Crippen LogP contribution in [-0.4, -0.2) is 32.4 Å². The number of nitrogens with zero attached hydrogens (tertiary/aromatic N) is 3. The van der Waals surface area contributed by atoms with Gasteiger partial charge in [0.2, 0.25) is 0 Å². The van der Waals surface area contributed by atoms with Gasteiger partial charge >= 0.3 is 5.97 Å². The molecular formula is C10H12N4O3. The number of nitrogens with one attached hydrogen (secondary N) is 1. The van der Waals surface area contributed by atoms with Crippen molar-refractivity contribution in [1.82, 2.24) is 14.8 Å². The monoisotopic (exact) mass is 236 g/mol. The number of carboxylic acids is 1. The third-order valence-corrected chi connectivity index (χ3v) is 2.12. The lowest BCUT2D eigenvalue weighted by Gasteiger charge is -2.01. The van der Waals surface area contributed by atoms with Crippen molar-refractivity contribution >= 4 is 12.0 Å². The Balaban J connectivity index is 1.72. The van der Waals surface area contributed by atoms with E-state index in [0.717, 1.165) is 19.2 Å². The van der Waals surface area contributed by atoms with Gasteiger partial charge in [0.05, 0.1) is 0 Å². The van der Waals surface area contributed by atoms with Crippen molar-refractivity contribution in [3.05, 3.63) is 30.4 Å². The molecule has 2 aromatic rings. The Morgan fingerprint density at radius 2 is 2.47 bits per heavy atom. The summed E-state index contributed by atoms with van der Waals surface area (Å²) in [6.45, 7) is 1.42. The number of oxazole rings is 1. The number of hydrogen-bond donors (Lipinski definition) is 2. The molecule has 0 unspecified atom stereocenters. The predicted molar refractivity (Wildman–Crippen MR) is 58.8 cm³/mol. The molecule has 2 heterocycles. The van der Waals surface area contributed by atoms with Crippen LogP contribution in [0.1, 0.15) is 16.9 Å². The number of rotatable bonds is 6. The summed E-state index contributed by atoms with van der Waals surface area (Å²) in [5.74, 6) is -1.10. The number of carboxylic acid groups (broad SMARTS) is 1. The SMILES string of the molecule is O=C(O)c1coc(NCCCn2cccn2)n1. The van der Waals surface area contributed by atoms with E-state index in [4.69, 9.17) is 9.52 Å². The first kappa shape index (κ1) is 11.2. The molecule has 0 fully saturated rings. The Bertz CT molecular complexity index is 477. The molecule has 90 valence electrons. The first-order chi connectivity index (χ1) is 8.25. The van der Waals surface area contributed by atoms with Crippen molar-refractivity contribution in [3.8, 4) is 0 Å². The van der Waals surface area contributed by atoms with Gasteiger partial charge in [0.25, 0.3) is 6.01 Å². The van der Waals surface area contributed by atoms with Gasteiger partial charge in [0.1, 0.15) is 6.26 Å². The number of aryl methyl sites for hydroxylation is 1. The van der Waals surface area contributed by atoms with Gasteiger partial charge in [0, 0.05) is 25.5 Å². The molecule has 0 saturated heterocycles. The molecule has 0 aliphatic heterocycles. The van der Waals surface area contributed by atoms with Crippen LogP contribution < -0.4 is 5.32 Å². The first-order valence-corrected chi connectivity index (χ1v) is 5.16. The van der Waals surface area contributed by atoms with Crippen molar-refractivity contribution in [2.24, 2.45) is 0 Å². The summed E-state index contributed by atoms with van der Waals surface area (Å²) in [5, 5.41) is 15.6. The number of aromatic carboxylic acids is 1. The van der Waals surface area contributed by atoms with E-state index >= 15 is 0 Å². The van der Waals surface area contributed by atoms with Gasteiger partial charge in [-0.2, -0.15) is 10.1 Å². The lowest BCUT2D eigenvalue weighted by Crippen LogP contribution is -2.07. The van der Waals surface area contributed by atoms with E-state index < -0.39 is 5.97 Å². The van der Waals surface area contributed by atoms with Crippen molar-refractivity contribution < 1.29 is 14.3 Å². The van der Waals surface area contributed by atoms with Crippen LogP contribution in [0.5, 0.6) is 0 Å². The number of anilines is 1. The zero-order valence-corrected chi connectivity index (χ0v) is 9.04. The third kappa shape index (κ3) is 3.07. The smallest absolute Gasteiger partial charge is 0.357 e. The van der Waals surface area contributed by atoms with Crippen LogP contribution in [0.4, 0.5) is 6.01 Å². The van der Waals surface area contributed by atoms with E-state index in [1.807, 2.05) is 16.9 Å². The molecule has 0 spiro atoms. The van der Waals surface area contributed by atoms with Crippen molar-refractivity contribution in [3.63, 3.8) is 0 Å². The lowest BCUT2D eigenvalue weighted by atomic mass is 10.4. The van der Waals surface area contributed by atoms with Crippen LogP contribution in [0.3, 0.4) is 0 Å². The van der Waals surface area contributed by atoms with E-state index in [-0.39, 0.29) is 11.7 Å². The van der Waals surface area contributed by atoms with Gasteiger partial charge in [-0.15, -0.1) is 0 Å². The molecule has 0 aromatic carbocycles. The Kier molecular flexibility index (Phi) is 3.39. The topological polar surface area (TPSA) is 93.2 Å². The molecular weight excluding hydrogens is 224 g/mol. The van der Waals surface area contributed by atoms with Gasteiger partial charge in [-0.05, 0) is 12.5 Å². The molecule has 7 nitrogen and oxygen atoms in total. The maximum atomic E-state index is 10.5. The summed E-state index contributed by atoms with van der Waals surface area (Å²) >= 11 is 0. The van der Waals surface area contributed by atoms with Crippen LogP contribution in [0.15, 0.2) is 29.1 Å². The van der Waals surface area contributed by atoms with Crippen LogP contribution in [-0.2, 0) is 6.54 Å². The van der Waals surface area contributed by atoms with Gasteiger partial charge in [0.15, 0.2) is 5.69 Å². The van der Waals surface area contributed by atoms with E-state index in [1.165, 1.54) is 0 Å². The molecule has 0 aliphatic carbocycles. The van der Waals surface area contributed by atoms with Gasteiger partial charge in [-0.1, -0.05) is 0 Å². The summed E-state index contributed by atoms with van der Waals surface area (Å²) in [6, 6.07) is 2.09. The summed E-state index contributed by atoms with van der Waals surface area (Å²) in [4.78, 5) is 14.3.